The average Bonchev–Trinajstić information content (AvgIpc) is 2.26. The predicted octanol–water partition coefficient (Wildman–Crippen LogP) is 2.86. The summed E-state index contributed by atoms with van der Waals surface area (Å²) in [6.07, 6.45) is 0.792. The predicted molar refractivity (Wildman–Crippen MR) is 79.2 cm³/mol. The zero-order valence-electron chi connectivity index (χ0n) is 11.3. The van der Waals surface area contributed by atoms with Gasteiger partial charge in [0, 0.05) is 0 Å². The second kappa shape index (κ2) is 9.85. The molecule has 0 bridgehead atoms. The Hall–Kier alpha value is -1.13. The fourth-order valence-electron chi connectivity index (χ4n) is 1.41. The molecule has 0 aliphatic carbocycles. The summed E-state index contributed by atoms with van der Waals surface area (Å²) >= 11 is 4.55. The number of rotatable bonds is 4. The molecule has 0 radical (unpaired) electrons. The van der Waals surface area contributed by atoms with Crippen molar-refractivity contribution < 1.29 is 9.84 Å². The van der Waals surface area contributed by atoms with Crippen LogP contribution < -0.4 is 5.73 Å². The number of thiocarbonyl (C=S) groups is 1. The second-order valence-corrected chi connectivity index (χ2v) is 4.97. The highest BCUT2D eigenvalue weighted by atomic mass is 32.1. The third-order valence-electron chi connectivity index (χ3n) is 2.04. The summed E-state index contributed by atoms with van der Waals surface area (Å²) in [5, 5.41) is 8.81. The van der Waals surface area contributed by atoms with Crippen LogP contribution in [0.5, 0.6) is 0 Å². The molecule has 3 N–H and O–H groups in total. The normalized spacial score (nSPS) is 11.4. The van der Waals surface area contributed by atoms with E-state index in [-0.39, 0.29) is 11.3 Å². The minimum atomic E-state index is -0.125. The maximum absolute atomic E-state index is 8.72. The number of hydrogen-bond acceptors (Lipinski definition) is 3. The van der Waals surface area contributed by atoms with E-state index in [1.54, 1.807) is 0 Å². The first-order valence-corrected chi connectivity index (χ1v) is 6.46. The zero-order chi connectivity index (χ0) is 14.0. The van der Waals surface area contributed by atoms with Crippen LogP contribution in [0.25, 0.3) is 0 Å². The van der Waals surface area contributed by atoms with Crippen molar-refractivity contribution in [1.29, 1.82) is 0 Å². The van der Waals surface area contributed by atoms with Crippen molar-refractivity contribution >= 4 is 17.4 Å². The molecular formula is C14H23NO2S. The molecule has 0 saturated carbocycles. The molecule has 1 atom stereocenters. The van der Waals surface area contributed by atoms with Gasteiger partial charge in [-0.15, -0.1) is 0 Å². The van der Waals surface area contributed by atoms with Crippen molar-refractivity contribution in [2.75, 3.05) is 0 Å². The maximum Gasteiger partial charge on any atom is 0.254 e. The summed E-state index contributed by atoms with van der Waals surface area (Å²) < 4.78 is 4.94. The SMILES string of the molecule is CC(C)CC(C)O.NC(=S)OCc1ccccc1. The Kier molecular flexibility index (Phi) is 9.24. The molecule has 18 heavy (non-hydrogen) atoms. The molecule has 3 nitrogen and oxygen atoms in total. The van der Waals surface area contributed by atoms with E-state index in [2.05, 4.69) is 26.1 Å². The largest absolute Gasteiger partial charge is 0.466 e. The second-order valence-electron chi connectivity index (χ2n) is 4.57. The van der Waals surface area contributed by atoms with Crippen LogP contribution in [0.4, 0.5) is 0 Å². The number of benzene rings is 1. The number of aliphatic hydroxyl groups excluding tert-OH is 1. The minimum Gasteiger partial charge on any atom is -0.466 e. The Balaban J connectivity index is 0.000000360. The van der Waals surface area contributed by atoms with Crippen molar-refractivity contribution in [2.24, 2.45) is 11.7 Å². The van der Waals surface area contributed by atoms with Crippen LogP contribution in [-0.4, -0.2) is 16.4 Å². The lowest BCUT2D eigenvalue weighted by Gasteiger charge is -2.04. The van der Waals surface area contributed by atoms with Gasteiger partial charge in [-0.2, -0.15) is 0 Å². The van der Waals surface area contributed by atoms with E-state index in [1.807, 2.05) is 37.3 Å². The van der Waals surface area contributed by atoms with Crippen LogP contribution in [0.3, 0.4) is 0 Å². The Morgan fingerprint density at radius 3 is 2.17 bits per heavy atom. The summed E-state index contributed by atoms with van der Waals surface area (Å²) in [7, 11) is 0. The first kappa shape index (κ1) is 16.9. The molecular weight excluding hydrogens is 246 g/mol. The van der Waals surface area contributed by atoms with E-state index in [9.17, 15) is 0 Å². The van der Waals surface area contributed by atoms with Gasteiger partial charge >= 0.3 is 0 Å². The number of hydrogen-bond donors (Lipinski definition) is 2. The Bertz CT molecular complexity index is 320. The molecule has 0 heterocycles. The highest BCUT2D eigenvalue weighted by Gasteiger charge is 1.97. The zero-order valence-corrected chi connectivity index (χ0v) is 12.1. The van der Waals surface area contributed by atoms with Gasteiger partial charge in [-0.25, -0.2) is 0 Å². The number of aliphatic hydroxyl groups is 1. The van der Waals surface area contributed by atoms with Crippen molar-refractivity contribution in [3.63, 3.8) is 0 Å². The highest BCUT2D eigenvalue weighted by molar-refractivity contribution is 7.80. The van der Waals surface area contributed by atoms with Crippen LogP contribution >= 0.6 is 12.2 Å². The van der Waals surface area contributed by atoms with E-state index < -0.39 is 0 Å². The molecule has 4 heteroatoms. The Morgan fingerprint density at radius 1 is 1.28 bits per heavy atom. The van der Waals surface area contributed by atoms with E-state index >= 15 is 0 Å². The van der Waals surface area contributed by atoms with Crippen LogP contribution in [-0.2, 0) is 11.3 Å². The molecule has 0 fully saturated rings. The highest BCUT2D eigenvalue weighted by Crippen LogP contribution is 2.02. The first-order chi connectivity index (χ1) is 8.41. The molecule has 0 amide bonds. The van der Waals surface area contributed by atoms with Crippen LogP contribution in [0.2, 0.25) is 0 Å². The Morgan fingerprint density at radius 2 is 1.83 bits per heavy atom. The lowest BCUT2D eigenvalue weighted by Crippen LogP contribution is -2.12. The molecule has 0 aliphatic heterocycles. The van der Waals surface area contributed by atoms with Crippen LogP contribution in [0, 0.1) is 5.92 Å². The third kappa shape index (κ3) is 11.4. The smallest absolute Gasteiger partial charge is 0.254 e. The maximum atomic E-state index is 8.72. The molecule has 0 aromatic heterocycles. The van der Waals surface area contributed by atoms with E-state index in [1.165, 1.54) is 0 Å². The van der Waals surface area contributed by atoms with Crippen molar-refractivity contribution in [3.05, 3.63) is 35.9 Å². The molecule has 0 spiro atoms. The third-order valence-corrected chi connectivity index (χ3v) is 2.15. The summed E-state index contributed by atoms with van der Waals surface area (Å²) in [6, 6.07) is 9.75. The van der Waals surface area contributed by atoms with Crippen LogP contribution in [0.15, 0.2) is 30.3 Å². The van der Waals surface area contributed by atoms with Crippen molar-refractivity contribution in [2.45, 2.75) is 39.9 Å². The standard InChI is InChI=1S/C8H9NOS.C6H14O/c9-8(11)10-6-7-4-2-1-3-5-7;1-5(2)4-6(3)7/h1-5H,6H2,(H2,9,11);5-7H,4H2,1-3H3. The molecule has 0 aliphatic rings. The van der Waals surface area contributed by atoms with E-state index in [0.29, 0.717) is 12.5 Å². The van der Waals surface area contributed by atoms with Crippen molar-refractivity contribution in [3.8, 4) is 0 Å². The van der Waals surface area contributed by atoms with Gasteiger partial charge in [-0.3, -0.25) is 0 Å². The van der Waals surface area contributed by atoms with Gasteiger partial charge in [-0.05, 0) is 37.0 Å². The number of ether oxygens (including phenoxy) is 1. The first-order valence-electron chi connectivity index (χ1n) is 6.06. The van der Waals surface area contributed by atoms with Gasteiger partial charge in [0.25, 0.3) is 5.17 Å². The molecule has 1 aromatic carbocycles. The van der Waals surface area contributed by atoms with Gasteiger partial charge in [-0.1, -0.05) is 44.2 Å². The van der Waals surface area contributed by atoms with Crippen molar-refractivity contribution in [1.82, 2.24) is 0 Å². The molecule has 0 saturated heterocycles. The summed E-state index contributed by atoms with van der Waals surface area (Å²) in [5.41, 5.74) is 6.22. The Labute approximate surface area is 115 Å². The average molecular weight is 269 g/mol. The lowest BCUT2D eigenvalue weighted by molar-refractivity contribution is 0.168. The fourth-order valence-corrected chi connectivity index (χ4v) is 1.47. The van der Waals surface area contributed by atoms with Gasteiger partial charge in [0.1, 0.15) is 6.61 Å². The summed E-state index contributed by atoms with van der Waals surface area (Å²) in [4.78, 5) is 0. The minimum absolute atomic E-state index is 0.0915. The molecule has 1 rings (SSSR count). The van der Waals surface area contributed by atoms with Gasteiger partial charge < -0.3 is 15.6 Å². The quantitative estimate of drug-likeness (QED) is 0.825. The van der Waals surface area contributed by atoms with E-state index in [0.717, 1.165) is 12.0 Å². The fraction of sp³-hybridized carbons (Fsp3) is 0.500. The van der Waals surface area contributed by atoms with Crippen LogP contribution in [0.1, 0.15) is 32.8 Å². The summed E-state index contributed by atoms with van der Waals surface area (Å²) in [6.45, 7) is 6.48. The number of nitrogens with two attached hydrogens (primary N) is 1. The summed E-state index contributed by atoms with van der Waals surface area (Å²) in [5.74, 6) is 0.625. The van der Waals surface area contributed by atoms with E-state index in [4.69, 9.17) is 15.6 Å². The lowest BCUT2D eigenvalue weighted by atomic mass is 10.1. The topological polar surface area (TPSA) is 55.5 Å². The monoisotopic (exact) mass is 269 g/mol. The molecule has 102 valence electrons. The van der Waals surface area contributed by atoms with Gasteiger partial charge in [0.05, 0.1) is 6.10 Å². The van der Waals surface area contributed by atoms with Gasteiger partial charge in [0.15, 0.2) is 0 Å². The molecule has 1 aromatic rings. The molecule has 1 unspecified atom stereocenters. The van der Waals surface area contributed by atoms with Gasteiger partial charge in [0.2, 0.25) is 0 Å².